The molecule has 0 bridgehead atoms. The number of nitrogens with zero attached hydrogens (tertiary/aromatic N) is 3. The number of amides is 1. The molecule has 1 aliphatic heterocycles. The maximum atomic E-state index is 13.4. The van der Waals surface area contributed by atoms with Gasteiger partial charge in [-0.15, -0.1) is 0 Å². The Balaban J connectivity index is 0.000000498. The first-order valence-electron chi connectivity index (χ1n) is 15.3. The van der Waals surface area contributed by atoms with Crippen molar-refractivity contribution in [3.63, 3.8) is 0 Å². The zero-order valence-corrected chi connectivity index (χ0v) is 27.4. The van der Waals surface area contributed by atoms with Gasteiger partial charge in [-0.1, -0.05) is 74.2 Å². The quantitative estimate of drug-likeness (QED) is 0.196. The summed E-state index contributed by atoms with van der Waals surface area (Å²) in [6.07, 6.45) is 5.82. The summed E-state index contributed by atoms with van der Waals surface area (Å²) >= 11 is 11.8. The third-order valence-corrected chi connectivity index (χ3v) is 8.18. The van der Waals surface area contributed by atoms with E-state index in [9.17, 15) is 22.8 Å². The molecule has 0 spiro atoms. The minimum atomic E-state index is -4.58. The molecular weight excluding hydrogens is 640 g/mol. The topological polar surface area (TPSA) is 95.4 Å². The summed E-state index contributed by atoms with van der Waals surface area (Å²) in [5.74, 6) is -1.47. The number of pyridine rings is 2. The molecule has 1 amide bonds. The van der Waals surface area contributed by atoms with Gasteiger partial charge in [0, 0.05) is 29.2 Å². The predicted molar refractivity (Wildman–Crippen MR) is 176 cm³/mol. The van der Waals surface area contributed by atoms with Crippen LogP contribution in [0.3, 0.4) is 0 Å². The highest BCUT2D eigenvalue weighted by atomic mass is 35.5. The summed E-state index contributed by atoms with van der Waals surface area (Å²) < 4.78 is 40.2. The van der Waals surface area contributed by atoms with Gasteiger partial charge in [-0.3, -0.25) is 14.5 Å². The maximum absolute atomic E-state index is 13.4. The first-order valence-corrected chi connectivity index (χ1v) is 16.0. The number of hydrogen-bond donors (Lipinski definition) is 2. The fourth-order valence-corrected chi connectivity index (χ4v) is 5.34. The Morgan fingerprint density at radius 3 is 2.37 bits per heavy atom. The van der Waals surface area contributed by atoms with Gasteiger partial charge in [-0.25, -0.2) is 9.97 Å². The van der Waals surface area contributed by atoms with Gasteiger partial charge < -0.3 is 10.4 Å². The fraction of sp³-hybridized carbons (Fsp3) is 0.412. The molecule has 1 fully saturated rings. The van der Waals surface area contributed by atoms with Crippen LogP contribution in [0.25, 0.3) is 6.08 Å². The molecule has 2 N–H and O–H groups in total. The molecule has 2 aromatic heterocycles. The van der Waals surface area contributed by atoms with Crippen LogP contribution in [-0.4, -0.2) is 51.5 Å². The summed E-state index contributed by atoms with van der Waals surface area (Å²) in [7, 11) is 0. The average molecular weight is 680 g/mol. The van der Waals surface area contributed by atoms with Crippen LogP contribution in [0.1, 0.15) is 85.6 Å². The monoisotopic (exact) mass is 678 g/mol. The Kier molecular flexibility index (Phi) is 14.5. The van der Waals surface area contributed by atoms with Crippen molar-refractivity contribution in [3.05, 3.63) is 93.5 Å². The van der Waals surface area contributed by atoms with Crippen LogP contribution in [0.15, 0.2) is 60.8 Å². The van der Waals surface area contributed by atoms with E-state index in [-0.39, 0.29) is 33.9 Å². The number of hydrogen-bond acceptors (Lipinski definition) is 5. The van der Waals surface area contributed by atoms with Crippen molar-refractivity contribution < 1.29 is 27.9 Å². The zero-order valence-electron chi connectivity index (χ0n) is 25.9. The van der Waals surface area contributed by atoms with E-state index >= 15 is 0 Å². The van der Waals surface area contributed by atoms with E-state index in [1.807, 2.05) is 37.3 Å². The highest BCUT2D eigenvalue weighted by Crippen LogP contribution is 2.36. The number of likely N-dealkylation sites (tertiary alicyclic amines) is 1. The Morgan fingerprint density at radius 2 is 1.78 bits per heavy atom. The summed E-state index contributed by atoms with van der Waals surface area (Å²) in [6, 6.07) is 12.5. The van der Waals surface area contributed by atoms with Gasteiger partial charge in [-0.05, 0) is 80.7 Å². The third kappa shape index (κ3) is 11.7. The molecule has 0 aliphatic carbocycles. The number of carboxylic acid groups (broad SMARTS) is 1. The van der Waals surface area contributed by atoms with Crippen LogP contribution >= 0.6 is 23.2 Å². The molecule has 4 rings (SSSR count). The van der Waals surface area contributed by atoms with Crippen LogP contribution in [-0.2, 0) is 11.0 Å². The lowest BCUT2D eigenvalue weighted by molar-refractivity contribution is -0.142. The van der Waals surface area contributed by atoms with Crippen LogP contribution in [0.5, 0.6) is 0 Å². The second-order valence-corrected chi connectivity index (χ2v) is 11.9. The zero-order chi connectivity index (χ0) is 33.7. The number of piperidine rings is 1. The molecule has 1 saturated heterocycles. The lowest BCUT2D eigenvalue weighted by atomic mass is 9.91. The number of alkyl halides is 3. The van der Waals surface area contributed by atoms with Gasteiger partial charge in [0.05, 0.1) is 17.3 Å². The number of halogens is 5. The molecule has 46 heavy (non-hydrogen) atoms. The van der Waals surface area contributed by atoms with Crippen molar-refractivity contribution >= 4 is 46.8 Å². The maximum Gasteiger partial charge on any atom is 0.433 e. The van der Waals surface area contributed by atoms with Gasteiger partial charge in [0.1, 0.15) is 10.8 Å². The van der Waals surface area contributed by atoms with Crippen molar-refractivity contribution in [2.75, 3.05) is 25.0 Å². The van der Waals surface area contributed by atoms with Crippen LogP contribution in [0, 0.1) is 5.92 Å². The van der Waals surface area contributed by atoms with Gasteiger partial charge in [0.2, 0.25) is 0 Å². The molecule has 248 valence electrons. The molecule has 1 atom stereocenters. The Bertz CT molecular complexity index is 1460. The predicted octanol–water partition coefficient (Wildman–Crippen LogP) is 9.23. The number of benzene rings is 1. The van der Waals surface area contributed by atoms with Crippen molar-refractivity contribution in [2.45, 2.75) is 64.5 Å². The van der Waals surface area contributed by atoms with Gasteiger partial charge in [0.25, 0.3) is 5.91 Å². The lowest BCUT2D eigenvalue weighted by Gasteiger charge is -2.32. The number of carbonyl (C=O) groups is 2. The molecule has 1 aromatic carbocycles. The minimum absolute atomic E-state index is 0.111. The number of carboxylic acids is 1. The Morgan fingerprint density at radius 1 is 1.09 bits per heavy atom. The van der Waals surface area contributed by atoms with Crippen molar-refractivity contribution in [1.29, 1.82) is 0 Å². The molecule has 3 heterocycles. The summed E-state index contributed by atoms with van der Waals surface area (Å²) in [5, 5.41) is 12.1. The average Bonchev–Trinajstić information content (AvgIpc) is 3.02. The summed E-state index contributed by atoms with van der Waals surface area (Å²) in [6.45, 7) is 6.11. The molecule has 1 aliphatic rings. The highest BCUT2D eigenvalue weighted by molar-refractivity contribution is 6.30. The largest absolute Gasteiger partial charge is 0.481 e. The number of unbranched alkanes of at least 4 members (excludes halogenated alkanes) is 1. The Hall–Kier alpha value is -3.47. The molecule has 0 radical (unpaired) electrons. The number of nitrogens with one attached hydrogen (secondary N) is 1. The number of rotatable bonds is 11. The first kappa shape index (κ1) is 37.0. The number of anilines is 1. The molecule has 0 saturated carbocycles. The minimum Gasteiger partial charge on any atom is -0.481 e. The van der Waals surface area contributed by atoms with Gasteiger partial charge >= 0.3 is 12.1 Å². The highest BCUT2D eigenvalue weighted by Gasteiger charge is 2.34. The molecule has 3 aromatic rings. The smallest absolute Gasteiger partial charge is 0.433 e. The van der Waals surface area contributed by atoms with Gasteiger partial charge in [0.15, 0.2) is 0 Å². The standard InChI is InChI=1S/C26H23Cl2F3N4O.C8H16O2/c27-20-5-3-17(4-6-20)2-1-13-35-14-10-18(11-15-35)24-21(7-8-22(34-24)26(29,30)31)33-25(36)19-9-12-32-23(28)16-19;1-3-5-6-7(4-2)8(9)10/h1-9,12,16,18H,10-11,13-15H2,(H,33,36);7H,3-6H2,1-2H3,(H,9,10)/b2-1+;. The number of carbonyl (C=O) groups excluding carboxylic acids is 1. The van der Waals surface area contributed by atoms with E-state index in [4.69, 9.17) is 28.3 Å². The van der Waals surface area contributed by atoms with Crippen molar-refractivity contribution in [2.24, 2.45) is 5.92 Å². The fourth-order valence-electron chi connectivity index (χ4n) is 5.04. The SMILES string of the molecule is CCCCC(CC)C(=O)O.O=C(Nc1ccc(C(F)(F)F)nc1C1CCN(C/C=C/c2ccc(Cl)cc2)CC1)c1ccnc(Cl)c1. The molecular formula is C34H39Cl2F3N4O3. The van der Waals surface area contributed by atoms with E-state index in [0.29, 0.717) is 31.0 Å². The van der Waals surface area contributed by atoms with Crippen molar-refractivity contribution in [3.8, 4) is 0 Å². The van der Waals surface area contributed by atoms with Crippen LogP contribution in [0.4, 0.5) is 18.9 Å². The molecule has 1 unspecified atom stereocenters. The van der Waals surface area contributed by atoms with Crippen LogP contribution in [0.2, 0.25) is 10.2 Å². The lowest BCUT2D eigenvalue weighted by Crippen LogP contribution is -2.33. The number of aromatic nitrogens is 2. The summed E-state index contributed by atoms with van der Waals surface area (Å²) in [5.41, 5.74) is 0.828. The van der Waals surface area contributed by atoms with Crippen LogP contribution < -0.4 is 5.32 Å². The third-order valence-electron chi connectivity index (χ3n) is 7.72. The second-order valence-electron chi connectivity index (χ2n) is 11.1. The first-order chi connectivity index (χ1) is 21.9. The van der Waals surface area contributed by atoms with E-state index in [0.717, 1.165) is 43.9 Å². The molecule has 12 heteroatoms. The van der Waals surface area contributed by atoms with E-state index < -0.39 is 23.7 Å². The van der Waals surface area contributed by atoms with E-state index in [2.05, 4.69) is 33.2 Å². The molecule has 7 nitrogen and oxygen atoms in total. The van der Waals surface area contributed by atoms with Gasteiger partial charge in [-0.2, -0.15) is 13.2 Å². The normalized spacial score (nSPS) is 14.8. The van der Waals surface area contributed by atoms with E-state index in [1.54, 1.807) is 0 Å². The number of aliphatic carboxylic acids is 1. The van der Waals surface area contributed by atoms with E-state index in [1.165, 1.54) is 24.4 Å². The van der Waals surface area contributed by atoms with Crippen molar-refractivity contribution in [1.82, 2.24) is 14.9 Å². The summed E-state index contributed by atoms with van der Waals surface area (Å²) in [4.78, 5) is 33.2. The Labute approximate surface area is 277 Å². The second kappa shape index (κ2) is 18.0.